The van der Waals surface area contributed by atoms with E-state index in [1.54, 1.807) is 12.1 Å². The number of nitrogens with one attached hydrogen (secondary N) is 1. The number of benzene rings is 2. The van der Waals surface area contributed by atoms with Gasteiger partial charge in [0.25, 0.3) is 0 Å². The largest absolute Gasteiger partial charge is 0.302 e. The summed E-state index contributed by atoms with van der Waals surface area (Å²) < 4.78 is 0. The van der Waals surface area contributed by atoms with Crippen molar-refractivity contribution >= 4 is 28.2 Å². The van der Waals surface area contributed by atoms with Gasteiger partial charge >= 0.3 is 0 Å². The third-order valence-corrected chi connectivity index (χ3v) is 4.53. The van der Waals surface area contributed by atoms with Crippen LogP contribution in [0.4, 0.5) is 5.13 Å². The van der Waals surface area contributed by atoms with E-state index in [9.17, 15) is 9.59 Å². The lowest BCUT2D eigenvalue weighted by molar-refractivity contribution is -0.116. The highest BCUT2D eigenvalue weighted by atomic mass is 32.1. The van der Waals surface area contributed by atoms with Crippen LogP contribution in [0.2, 0.25) is 0 Å². The van der Waals surface area contributed by atoms with E-state index in [1.807, 2.05) is 54.8 Å². The number of anilines is 1. The van der Waals surface area contributed by atoms with Crippen molar-refractivity contribution in [1.29, 1.82) is 0 Å². The average molecular weight is 350 g/mol. The Labute approximate surface area is 150 Å². The molecule has 1 amide bonds. The van der Waals surface area contributed by atoms with Gasteiger partial charge in [-0.2, -0.15) is 0 Å². The summed E-state index contributed by atoms with van der Waals surface area (Å²) in [7, 11) is 0. The lowest BCUT2D eigenvalue weighted by Crippen LogP contribution is -2.13. The van der Waals surface area contributed by atoms with Crippen molar-refractivity contribution in [1.82, 2.24) is 4.98 Å². The van der Waals surface area contributed by atoms with Crippen molar-refractivity contribution in [3.8, 4) is 11.3 Å². The average Bonchev–Trinajstić information content (AvgIpc) is 3.09. The smallest absolute Gasteiger partial charge is 0.226 e. The molecule has 3 rings (SSSR count). The van der Waals surface area contributed by atoms with Crippen LogP contribution in [0.3, 0.4) is 0 Å². The summed E-state index contributed by atoms with van der Waals surface area (Å²) in [5, 5.41) is 5.23. The van der Waals surface area contributed by atoms with Crippen LogP contribution in [0.25, 0.3) is 11.3 Å². The molecule has 0 unspecified atom stereocenters. The number of hydrogen-bond acceptors (Lipinski definition) is 4. The van der Waals surface area contributed by atoms with Gasteiger partial charge < -0.3 is 5.32 Å². The first-order valence-electron chi connectivity index (χ1n) is 8.02. The lowest BCUT2D eigenvalue weighted by Gasteiger charge is -2.02. The zero-order valence-electron chi connectivity index (χ0n) is 13.9. The first-order valence-corrected chi connectivity index (χ1v) is 8.90. The third kappa shape index (κ3) is 4.61. The third-order valence-electron chi connectivity index (χ3n) is 3.77. The standard InChI is InChI=1S/C20H18N2O2S/c1-14-7-9-15(10-8-14)17-13-25-20(21-17)22-19(24)12-11-18(23)16-5-3-2-4-6-16/h2-10,13H,11-12H2,1H3,(H,21,22,24). The fourth-order valence-corrected chi connectivity index (χ4v) is 3.10. The summed E-state index contributed by atoms with van der Waals surface area (Å²) in [6.45, 7) is 2.03. The number of carbonyl (C=O) groups excluding carboxylic acids is 2. The Kier molecular flexibility index (Phi) is 5.36. The van der Waals surface area contributed by atoms with Gasteiger partial charge in [0.1, 0.15) is 0 Å². The van der Waals surface area contributed by atoms with Crippen molar-refractivity contribution in [2.24, 2.45) is 0 Å². The molecule has 0 spiro atoms. The molecule has 1 aromatic heterocycles. The fourth-order valence-electron chi connectivity index (χ4n) is 2.37. The van der Waals surface area contributed by atoms with Crippen molar-refractivity contribution in [2.45, 2.75) is 19.8 Å². The molecule has 3 aromatic rings. The monoisotopic (exact) mass is 350 g/mol. The second kappa shape index (κ2) is 7.85. The van der Waals surface area contributed by atoms with Crippen LogP contribution in [-0.2, 0) is 4.79 Å². The number of ketones is 1. The molecular formula is C20H18N2O2S. The van der Waals surface area contributed by atoms with Gasteiger partial charge in [0.15, 0.2) is 10.9 Å². The second-order valence-corrected chi connectivity index (χ2v) is 6.60. The number of aryl methyl sites for hydroxylation is 1. The molecule has 1 N–H and O–H groups in total. The Morgan fingerprint density at radius 2 is 1.72 bits per heavy atom. The van der Waals surface area contributed by atoms with Crippen molar-refractivity contribution in [2.75, 3.05) is 5.32 Å². The number of hydrogen-bond donors (Lipinski definition) is 1. The highest BCUT2D eigenvalue weighted by molar-refractivity contribution is 7.14. The summed E-state index contributed by atoms with van der Waals surface area (Å²) in [6, 6.07) is 17.1. The first kappa shape index (κ1) is 17.0. The van der Waals surface area contributed by atoms with E-state index in [2.05, 4.69) is 10.3 Å². The minimum Gasteiger partial charge on any atom is -0.302 e. The summed E-state index contributed by atoms with van der Waals surface area (Å²) in [6.07, 6.45) is 0.333. The van der Waals surface area contributed by atoms with Crippen molar-refractivity contribution in [3.05, 3.63) is 71.1 Å². The summed E-state index contributed by atoms with van der Waals surface area (Å²) in [5.41, 5.74) is 3.67. The predicted molar refractivity (Wildman–Crippen MR) is 101 cm³/mol. The number of carbonyl (C=O) groups is 2. The molecule has 25 heavy (non-hydrogen) atoms. The predicted octanol–water partition coefficient (Wildman–Crippen LogP) is 4.72. The highest BCUT2D eigenvalue weighted by Crippen LogP contribution is 2.25. The van der Waals surface area contributed by atoms with Crippen LogP contribution in [-0.4, -0.2) is 16.7 Å². The molecule has 2 aromatic carbocycles. The molecule has 0 fully saturated rings. The Morgan fingerprint density at radius 3 is 2.44 bits per heavy atom. The summed E-state index contributed by atoms with van der Waals surface area (Å²) in [5.74, 6) is -0.232. The Hall–Kier alpha value is -2.79. The Bertz CT molecular complexity index is 870. The minimum absolute atomic E-state index is 0.0322. The van der Waals surface area contributed by atoms with Gasteiger partial charge in [-0.25, -0.2) is 4.98 Å². The van der Waals surface area contributed by atoms with Gasteiger partial charge in [-0.15, -0.1) is 11.3 Å². The number of thiazole rings is 1. The molecule has 0 aliphatic carbocycles. The van der Waals surface area contributed by atoms with Crippen LogP contribution in [0.1, 0.15) is 28.8 Å². The number of rotatable bonds is 6. The summed E-state index contributed by atoms with van der Waals surface area (Å²) >= 11 is 1.38. The Morgan fingerprint density at radius 1 is 1.00 bits per heavy atom. The summed E-state index contributed by atoms with van der Waals surface area (Å²) in [4.78, 5) is 28.5. The van der Waals surface area contributed by atoms with Crippen molar-refractivity contribution < 1.29 is 9.59 Å². The molecule has 5 heteroatoms. The number of aromatic nitrogens is 1. The Balaban J connectivity index is 1.55. The topological polar surface area (TPSA) is 59.1 Å². The van der Waals surface area contributed by atoms with E-state index in [-0.39, 0.29) is 24.5 Å². The fraction of sp³-hybridized carbons (Fsp3) is 0.150. The minimum atomic E-state index is -0.200. The molecule has 4 nitrogen and oxygen atoms in total. The maximum atomic E-state index is 12.0. The SMILES string of the molecule is Cc1ccc(-c2csc(NC(=O)CCC(=O)c3ccccc3)n2)cc1. The first-order chi connectivity index (χ1) is 12.1. The van der Waals surface area contributed by atoms with Crippen LogP contribution in [0.15, 0.2) is 60.0 Å². The van der Waals surface area contributed by atoms with E-state index in [0.29, 0.717) is 10.7 Å². The zero-order chi connectivity index (χ0) is 17.6. The lowest BCUT2D eigenvalue weighted by atomic mass is 10.1. The van der Waals surface area contributed by atoms with Crippen LogP contribution < -0.4 is 5.32 Å². The van der Waals surface area contributed by atoms with Crippen LogP contribution >= 0.6 is 11.3 Å². The van der Waals surface area contributed by atoms with E-state index < -0.39 is 0 Å². The number of Topliss-reactive ketones (excluding diaryl/α,β-unsaturated/α-hetero) is 1. The van der Waals surface area contributed by atoms with E-state index in [1.165, 1.54) is 16.9 Å². The van der Waals surface area contributed by atoms with Gasteiger partial charge in [0, 0.05) is 29.3 Å². The van der Waals surface area contributed by atoms with Crippen LogP contribution in [0.5, 0.6) is 0 Å². The van der Waals surface area contributed by atoms with E-state index in [0.717, 1.165) is 11.3 Å². The molecule has 0 atom stereocenters. The van der Waals surface area contributed by atoms with Crippen LogP contribution in [0, 0.1) is 6.92 Å². The van der Waals surface area contributed by atoms with Gasteiger partial charge in [0.05, 0.1) is 5.69 Å². The van der Waals surface area contributed by atoms with Gasteiger partial charge in [-0.3, -0.25) is 9.59 Å². The van der Waals surface area contributed by atoms with Gasteiger partial charge in [0.2, 0.25) is 5.91 Å². The second-order valence-electron chi connectivity index (χ2n) is 5.74. The molecule has 0 aliphatic heterocycles. The molecule has 0 aliphatic rings. The van der Waals surface area contributed by atoms with Crippen molar-refractivity contribution in [3.63, 3.8) is 0 Å². The molecule has 1 heterocycles. The maximum absolute atomic E-state index is 12.0. The zero-order valence-corrected chi connectivity index (χ0v) is 14.7. The number of nitrogens with zero attached hydrogens (tertiary/aromatic N) is 1. The normalized spacial score (nSPS) is 10.4. The highest BCUT2D eigenvalue weighted by Gasteiger charge is 2.11. The molecular weight excluding hydrogens is 332 g/mol. The van der Waals surface area contributed by atoms with E-state index in [4.69, 9.17) is 0 Å². The maximum Gasteiger partial charge on any atom is 0.226 e. The molecule has 0 saturated carbocycles. The molecule has 0 bridgehead atoms. The molecule has 0 saturated heterocycles. The molecule has 0 radical (unpaired) electrons. The van der Waals surface area contributed by atoms with E-state index >= 15 is 0 Å². The number of amides is 1. The van der Waals surface area contributed by atoms with Gasteiger partial charge in [-0.05, 0) is 6.92 Å². The quantitative estimate of drug-likeness (QED) is 0.654. The molecule has 126 valence electrons. The van der Waals surface area contributed by atoms with Gasteiger partial charge in [-0.1, -0.05) is 60.2 Å².